The lowest BCUT2D eigenvalue weighted by molar-refractivity contribution is -0.150. The Balaban J connectivity index is 1.73. The lowest BCUT2D eigenvalue weighted by atomic mass is 10.0. The van der Waals surface area contributed by atoms with Crippen molar-refractivity contribution in [3.05, 3.63) is 28.9 Å². The molecule has 2 aliphatic rings. The summed E-state index contributed by atoms with van der Waals surface area (Å²) in [7, 11) is 0. The molecule has 1 fully saturated rings. The van der Waals surface area contributed by atoms with Gasteiger partial charge in [-0.25, -0.2) is 9.78 Å². The second-order valence-corrected chi connectivity index (χ2v) is 7.09. The van der Waals surface area contributed by atoms with Gasteiger partial charge in [0, 0.05) is 11.1 Å². The molecule has 0 aliphatic carbocycles. The Labute approximate surface area is 145 Å². The fourth-order valence-electron chi connectivity index (χ4n) is 2.56. The van der Waals surface area contributed by atoms with Gasteiger partial charge >= 0.3 is 5.97 Å². The van der Waals surface area contributed by atoms with Gasteiger partial charge in [-0.1, -0.05) is 6.08 Å². The van der Waals surface area contributed by atoms with Gasteiger partial charge in [0.1, 0.15) is 17.1 Å². The molecule has 1 saturated heterocycles. The quantitative estimate of drug-likeness (QED) is 0.523. The summed E-state index contributed by atoms with van der Waals surface area (Å²) in [5.74, 6) is -1.54. The Kier molecular flexibility index (Phi) is 4.33. The van der Waals surface area contributed by atoms with Crippen LogP contribution in [0.25, 0.3) is 5.57 Å². The van der Waals surface area contributed by atoms with Gasteiger partial charge in [0.25, 0.3) is 11.8 Å². The van der Waals surface area contributed by atoms with Gasteiger partial charge in [-0.3, -0.25) is 14.5 Å². The van der Waals surface area contributed by atoms with Gasteiger partial charge in [-0.15, -0.1) is 23.1 Å². The molecule has 0 spiro atoms. The summed E-state index contributed by atoms with van der Waals surface area (Å²) >= 11 is 2.63. The predicted octanol–water partition coefficient (Wildman–Crippen LogP) is 0.497. The molecule has 1 aromatic rings. The number of thiazole rings is 1. The van der Waals surface area contributed by atoms with Crippen molar-refractivity contribution in [2.45, 2.75) is 18.3 Å². The number of rotatable bonds is 4. The summed E-state index contributed by atoms with van der Waals surface area (Å²) in [6.07, 6.45) is 3.09. The Bertz CT molecular complexity index is 785. The van der Waals surface area contributed by atoms with Crippen LogP contribution < -0.4 is 11.1 Å². The molecule has 24 heavy (non-hydrogen) atoms. The summed E-state index contributed by atoms with van der Waals surface area (Å²) in [4.78, 5) is 41.1. The first-order valence-electron chi connectivity index (χ1n) is 7.00. The number of aliphatic carboxylic acids is 1. The molecule has 2 amide bonds. The van der Waals surface area contributed by atoms with Crippen molar-refractivity contribution in [3.63, 3.8) is 0 Å². The van der Waals surface area contributed by atoms with Crippen molar-refractivity contribution in [2.75, 3.05) is 11.5 Å². The molecule has 0 radical (unpaired) electrons. The zero-order valence-electron chi connectivity index (χ0n) is 12.6. The highest BCUT2D eigenvalue weighted by molar-refractivity contribution is 8.00. The number of nitrogens with two attached hydrogens (primary N) is 1. The Morgan fingerprint density at radius 2 is 2.29 bits per heavy atom. The van der Waals surface area contributed by atoms with Crippen molar-refractivity contribution >= 4 is 51.6 Å². The monoisotopic (exact) mass is 366 g/mol. The smallest absolute Gasteiger partial charge is 0.352 e. The van der Waals surface area contributed by atoms with Gasteiger partial charge in [0.15, 0.2) is 5.13 Å². The minimum atomic E-state index is -1.15. The van der Waals surface area contributed by atoms with Crippen LogP contribution in [0.2, 0.25) is 0 Å². The summed E-state index contributed by atoms with van der Waals surface area (Å²) in [5.41, 5.74) is 6.32. The van der Waals surface area contributed by atoms with Crippen molar-refractivity contribution < 1.29 is 19.5 Å². The van der Waals surface area contributed by atoms with Crippen LogP contribution in [-0.2, 0) is 14.4 Å². The Morgan fingerprint density at radius 3 is 2.88 bits per heavy atom. The molecule has 0 bridgehead atoms. The first kappa shape index (κ1) is 16.5. The zero-order chi connectivity index (χ0) is 17.4. The second kappa shape index (κ2) is 6.29. The number of allylic oxidation sites excluding steroid dienone is 1. The number of hydrogen-bond acceptors (Lipinski definition) is 7. The normalized spacial score (nSPS) is 23.2. The Hall–Kier alpha value is -2.33. The number of nitrogens with zero attached hydrogens (tertiary/aromatic N) is 2. The van der Waals surface area contributed by atoms with E-state index in [2.05, 4.69) is 10.3 Å². The van der Waals surface area contributed by atoms with Gasteiger partial charge in [0.2, 0.25) is 0 Å². The largest absolute Gasteiger partial charge is 0.477 e. The van der Waals surface area contributed by atoms with Crippen LogP contribution in [0.1, 0.15) is 12.6 Å². The number of thioether (sulfide) groups is 1. The van der Waals surface area contributed by atoms with Crippen LogP contribution in [0.5, 0.6) is 0 Å². The number of carbonyl (C=O) groups is 3. The van der Waals surface area contributed by atoms with E-state index in [1.54, 1.807) is 18.4 Å². The third-order valence-electron chi connectivity index (χ3n) is 3.68. The van der Waals surface area contributed by atoms with Crippen molar-refractivity contribution in [2.24, 2.45) is 0 Å². The lowest BCUT2D eigenvalue weighted by Crippen LogP contribution is -2.70. The van der Waals surface area contributed by atoms with Crippen LogP contribution in [0, 0.1) is 0 Å². The van der Waals surface area contributed by atoms with E-state index < -0.39 is 29.2 Å². The number of hydrogen-bond donors (Lipinski definition) is 3. The Morgan fingerprint density at radius 1 is 1.54 bits per heavy atom. The molecular formula is C14H14N4O4S2. The highest BCUT2D eigenvalue weighted by atomic mass is 32.2. The van der Waals surface area contributed by atoms with Crippen LogP contribution in [0.15, 0.2) is 23.2 Å². The number of anilines is 1. The third-order valence-corrected chi connectivity index (χ3v) is 5.54. The number of nitrogens with one attached hydrogen (secondary N) is 1. The average Bonchev–Trinajstić information content (AvgIpc) is 2.98. The van der Waals surface area contributed by atoms with Crippen molar-refractivity contribution in [1.29, 1.82) is 0 Å². The van der Waals surface area contributed by atoms with E-state index >= 15 is 0 Å². The van der Waals surface area contributed by atoms with E-state index in [0.29, 0.717) is 22.2 Å². The number of nitrogen functional groups attached to an aromatic ring is 1. The molecule has 10 heteroatoms. The van der Waals surface area contributed by atoms with Crippen LogP contribution >= 0.6 is 23.1 Å². The molecule has 1 aromatic heterocycles. The fraction of sp³-hybridized carbons (Fsp3) is 0.286. The summed E-state index contributed by atoms with van der Waals surface area (Å²) < 4.78 is 0. The van der Waals surface area contributed by atoms with E-state index in [1.165, 1.54) is 34.1 Å². The molecule has 4 N–H and O–H groups in total. The molecule has 0 saturated carbocycles. The van der Waals surface area contributed by atoms with E-state index in [4.69, 9.17) is 10.8 Å². The van der Waals surface area contributed by atoms with Crippen molar-refractivity contribution in [3.8, 4) is 0 Å². The number of carboxylic acids is 1. The van der Waals surface area contributed by atoms with Crippen LogP contribution in [0.3, 0.4) is 0 Å². The van der Waals surface area contributed by atoms with Gasteiger partial charge in [-0.05, 0) is 13.0 Å². The maximum atomic E-state index is 12.5. The number of aromatic nitrogens is 1. The molecule has 0 aromatic carbocycles. The van der Waals surface area contributed by atoms with Crippen molar-refractivity contribution in [1.82, 2.24) is 15.2 Å². The SMILES string of the molecule is C/C=C(/C(=O)NC1C(=O)N2C(C(=O)O)=CCSC12)c1csc(N)n1. The number of fused-ring (bicyclic) bond motifs is 1. The van der Waals surface area contributed by atoms with E-state index in [1.807, 2.05) is 0 Å². The van der Waals surface area contributed by atoms with Crippen LogP contribution in [0.4, 0.5) is 5.13 Å². The average molecular weight is 366 g/mol. The summed E-state index contributed by atoms with van der Waals surface area (Å²) in [5, 5.41) is 13.4. The molecule has 2 aliphatic heterocycles. The maximum Gasteiger partial charge on any atom is 0.352 e. The fourth-order valence-corrected chi connectivity index (χ4v) is 4.32. The molecule has 3 heterocycles. The predicted molar refractivity (Wildman–Crippen MR) is 90.9 cm³/mol. The highest BCUT2D eigenvalue weighted by Crippen LogP contribution is 2.37. The second-order valence-electron chi connectivity index (χ2n) is 5.05. The standard InChI is InChI=1S/C14H14N4O4S2/c1-2-6(7-5-24-14(15)16-7)10(19)17-9-11(20)18-8(13(21)22)3-4-23-12(9)18/h2-3,5,9,12H,4H2,1H3,(H2,15,16)(H,17,19)(H,21,22)/b6-2+. The molecule has 2 unspecified atom stereocenters. The third kappa shape index (κ3) is 2.67. The molecule has 3 rings (SSSR count). The number of carboxylic acid groups (broad SMARTS) is 1. The zero-order valence-corrected chi connectivity index (χ0v) is 14.2. The van der Waals surface area contributed by atoms with Gasteiger partial charge in [0.05, 0.1) is 11.3 Å². The van der Waals surface area contributed by atoms with Gasteiger partial charge in [-0.2, -0.15) is 0 Å². The topological polar surface area (TPSA) is 126 Å². The minimum absolute atomic E-state index is 0.0345. The molecule has 126 valence electrons. The first-order chi connectivity index (χ1) is 11.4. The summed E-state index contributed by atoms with van der Waals surface area (Å²) in [6, 6.07) is -0.753. The molecule has 2 atom stereocenters. The lowest BCUT2D eigenvalue weighted by Gasteiger charge is -2.48. The van der Waals surface area contributed by atoms with E-state index in [0.717, 1.165) is 0 Å². The maximum absolute atomic E-state index is 12.5. The number of amides is 2. The number of carbonyl (C=O) groups excluding carboxylic acids is 2. The number of β-lactam (4-membered cyclic amide) rings is 1. The molecular weight excluding hydrogens is 352 g/mol. The first-order valence-corrected chi connectivity index (χ1v) is 8.93. The highest BCUT2D eigenvalue weighted by Gasteiger charge is 2.52. The van der Waals surface area contributed by atoms with E-state index in [9.17, 15) is 14.4 Å². The van der Waals surface area contributed by atoms with Crippen LogP contribution in [-0.4, -0.2) is 49.9 Å². The minimum Gasteiger partial charge on any atom is -0.477 e. The van der Waals surface area contributed by atoms with Gasteiger partial charge < -0.3 is 16.2 Å². The summed E-state index contributed by atoms with van der Waals surface area (Å²) in [6.45, 7) is 1.69. The van der Waals surface area contributed by atoms with E-state index in [-0.39, 0.29) is 5.70 Å². The molecule has 8 nitrogen and oxygen atoms in total.